The average molecular weight is 462 g/mol. The summed E-state index contributed by atoms with van der Waals surface area (Å²) < 4.78 is 10.8. The van der Waals surface area contributed by atoms with Crippen molar-refractivity contribution in [2.45, 2.75) is 26.8 Å². The summed E-state index contributed by atoms with van der Waals surface area (Å²) in [5.41, 5.74) is 3.48. The maximum atomic E-state index is 12.5. The number of carbonyl (C=O) groups is 3. The first-order valence-electron chi connectivity index (χ1n) is 11.1. The van der Waals surface area contributed by atoms with Crippen molar-refractivity contribution in [3.63, 3.8) is 0 Å². The van der Waals surface area contributed by atoms with E-state index in [1.165, 1.54) is 0 Å². The van der Waals surface area contributed by atoms with Crippen LogP contribution < -0.4 is 20.3 Å². The number of benzene rings is 2. The molecule has 1 aliphatic rings. The van der Waals surface area contributed by atoms with E-state index in [0.29, 0.717) is 30.3 Å². The standard InChI is InChI=1S/C26H27N3O5/c1-17-5-6-18(2)23(12-17)28-24(30)16-34-21-9-7-20(8-10-21)29-15-19(13-25(29)31)26(32)27-14-22-4-3-11-33-22/h3-12,19H,13-16H2,1-2H3,(H,27,32)(H,28,30)/t19-/m0/s1. The second-order valence-corrected chi connectivity index (χ2v) is 8.35. The zero-order valence-electron chi connectivity index (χ0n) is 19.2. The summed E-state index contributed by atoms with van der Waals surface area (Å²) in [7, 11) is 0. The van der Waals surface area contributed by atoms with Gasteiger partial charge >= 0.3 is 0 Å². The molecule has 0 radical (unpaired) electrons. The summed E-state index contributed by atoms with van der Waals surface area (Å²) in [6.45, 7) is 4.36. The fourth-order valence-corrected chi connectivity index (χ4v) is 3.79. The molecule has 0 spiro atoms. The number of ether oxygens (including phenoxy) is 1. The Morgan fingerprint density at radius 3 is 2.65 bits per heavy atom. The molecule has 1 saturated heterocycles. The van der Waals surface area contributed by atoms with Crippen molar-refractivity contribution in [3.8, 4) is 5.75 Å². The first-order valence-corrected chi connectivity index (χ1v) is 11.1. The van der Waals surface area contributed by atoms with E-state index in [-0.39, 0.29) is 30.7 Å². The molecular formula is C26H27N3O5. The third kappa shape index (κ3) is 5.64. The summed E-state index contributed by atoms with van der Waals surface area (Å²) in [5.74, 6) is 0.205. The molecule has 0 saturated carbocycles. The van der Waals surface area contributed by atoms with Crippen molar-refractivity contribution >= 4 is 29.1 Å². The van der Waals surface area contributed by atoms with Crippen LogP contribution in [0.1, 0.15) is 23.3 Å². The molecular weight excluding hydrogens is 434 g/mol. The third-order valence-corrected chi connectivity index (χ3v) is 5.70. The van der Waals surface area contributed by atoms with Gasteiger partial charge in [0, 0.05) is 24.3 Å². The quantitative estimate of drug-likeness (QED) is 0.534. The van der Waals surface area contributed by atoms with Gasteiger partial charge in [0.15, 0.2) is 6.61 Å². The Bertz CT molecular complexity index is 1170. The van der Waals surface area contributed by atoms with Gasteiger partial charge in [-0.1, -0.05) is 12.1 Å². The van der Waals surface area contributed by atoms with Crippen LogP contribution in [0.4, 0.5) is 11.4 Å². The predicted octanol–water partition coefficient (Wildman–Crippen LogP) is 3.58. The SMILES string of the molecule is Cc1ccc(C)c(NC(=O)COc2ccc(N3C[C@@H](C(=O)NCc4ccco4)CC3=O)cc2)c1. The van der Waals surface area contributed by atoms with Crippen molar-refractivity contribution < 1.29 is 23.5 Å². The van der Waals surface area contributed by atoms with Gasteiger partial charge in [0.05, 0.1) is 18.7 Å². The average Bonchev–Trinajstić information content (AvgIpc) is 3.49. The maximum Gasteiger partial charge on any atom is 0.262 e. The summed E-state index contributed by atoms with van der Waals surface area (Å²) >= 11 is 0. The van der Waals surface area contributed by atoms with Gasteiger partial charge in [-0.2, -0.15) is 0 Å². The van der Waals surface area contributed by atoms with Crippen LogP contribution in [-0.2, 0) is 20.9 Å². The fraction of sp³-hybridized carbons (Fsp3) is 0.269. The Morgan fingerprint density at radius 2 is 1.91 bits per heavy atom. The van der Waals surface area contributed by atoms with Crippen molar-refractivity contribution in [1.29, 1.82) is 0 Å². The summed E-state index contributed by atoms with van der Waals surface area (Å²) in [4.78, 5) is 38.8. The molecule has 176 valence electrons. The summed E-state index contributed by atoms with van der Waals surface area (Å²) in [5, 5.41) is 5.67. The van der Waals surface area contributed by atoms with E-state index in [2.05, 4.69) is 10.6 Å². The van der Waals surface area contributed by atoms with Crippen molar-refractivity contribution in [2.24, 2.45) is 5.92 Å². The van der Waals surface area contributed by atoms with Crippen LogP contribution in [-0.4, -0.2) is 30.9 Å². The molecule has 0 unspecified atom stereocenters. The van der Waals surface area contributed by atoms with E-state index in [9.17, 15) is 14.4 Å². The molecule has 0 bridgehead atoms. The highest BCUT2D eigenvalue weighted by Crippen LogP contribution is 2.27. The lowest BCUT2D eigenvalue weighted by molar-refractivity contribution is -0.126. The zero-order valence-corrected chi connectivity index (χ0v) is 19.2. The number of furan rings is 1. The molecule has 1 aromatic heterocycles. The molecule has 8 nitrogen and oxygen atoms in total. The highest BCUT2D eigenvalue weighted by Gasteiger charge is 2.35. The number of hydrogen-bond acceptors (Lipinski definition) is 5. The Labute approximate surface area is 197 Å². The van der Waals surface area contributed by atoms with Gasteiger partial charge in [-0.05, 0) is 67.4 Å². The minimum absolute atomic E-state index is 0.111. The molecule has 4 rings (SSSR count). The Hall–Kier alpha value is -4.07. The number of amides is 3. The number of nitrogens with one attached hydrogen (secondary N) is 2. The molecule has 1 atom stereocenters. The number of rotatable bonds is 8. The van der Waals surface area contributed by atoms with Crippen LogP contribution >= 0.6 is 0 Å². The van der Waals surface area contributed by atoms with Crippen LogP contribution in [0.2, 0.25) is 0 Å². The summed E-state index contributed by atoms with van der Waals surface area (Å²) in [6, 6.07) is 16.3. The Morgan fingerprint density at radius 1 is 1.12 bits per heavy atom. The zero-order chi connectivity index (χ0) is 24.1. The molecule has 2 aromatic carbocycles. The normalized spacial score (nSPS) is 15.3. The van der Waals surface area contributed by atoms with Crippen molar-refractivity contribution in [1.82, 2.24) is 5.32 Å². The van der Waals surface area contributed by atoms with Gasteiger partial charge in [0.2, 0.25) is 11.8 Å². The third-order valence-electron chi connectivity index (χ3n) is 5.70. The lowest BCUT2D eigenvalue weighted by Gasteiger charge is -2.17. The van der Waals surface area contributed by atoms with Gasteiger partial charge in [-0.3, -0.25) is 14.4 Å². The highest BCUT2D eigenvalue weighted by atomic mass is 16.5. The molecule has 1 fully saturated rings. The number of carbonyl (C=O) groups excluding carboxylic acids is 3. The molecule has 1 aliphatic heterocycles. The van der Waals surface area contributed by atoms with Crippen LogP contribution in [0.15, 0.2) is 65.3 Å². The Kier molecular flexibility index (Phi) is 6.96. The lowest BCUT2D eigenvalue weighted by Crippen LogP contribution is -2.32. The minimum Gasteiger partial charge on any atom is -0.484 e. The van der Waals surface area contributed by atoms with E-state index in [1.807, 2.05) is 32.0 Å². The first kappa shape index (κ1) is 23.1. The van der Waals surface area contributed by atoms with E-state index < -0.39 is 5.92 Å². The largest absolute Gasteiger partial charge is 0.484 e. The van der Waals surface area contributed by atoms with Gasteiger partial charge in [0.25, 0.3) is 5.91 Å². The van der Waals surface area contributed by atoms with Crippen molar-refractivity contribution in [3.05, 3.63) is 77.7 Å². The Balaban J connectivity index is 1.28. The lowest BCUT2D eigenvalue weighted by atomic mass is 10.1. The molecule has 0 aliphatic carbocycles. The molecule has 2 heterocycles. The number of aryl methyl sites for hydroxylation is 2. The molecule has 2 N–H and O–H groups in total. The molecule has 34 heavy (non-hydrogen) atoms. The van der Waals surface area contributed by atoms with Crippen LogP contribution in [0.5, 0.6) is 5.75 Å². The van der Waals surface area contributed by atoms with E-state index in [0.717, 1.165) is 16.8 Å². The number of nitrogens with zero attached hydrogens (tertiary/aromatic N) is 1. The second-order valence-electron chi connectivity index (χ2n) is 8.35. The van der Waals surface area contributed by atoms with Gasteiger partial charge < -0.3 is 24.7 Å². The molecule has 3 aromatic rings. The fourth-order valence-electron chi connectivity index (χ4n) is 3.79. The highest BCUT2D eigenvalue weighted by molar-refractivity contribution is 6.00. The van der Waals surface area contributed by atoms with Gasteiger partial charge in [-0.15, -0.1) is 0 Å². The molecule has 8 heteroatoms. The smallest absolute Gasteiger partial charge is 0.262 e. The number of hydrogen-bond donors (Lipinski definition) is 2. The predicted molar refractivity (Wildman–Crippen MR) is 127 cm³/mol. The number of anilines is 2. The summed E-state index contributed by atoms with van der Waals surface area (Å²) in [6.07, 6.45) is 1.70. The van der Waals surface area contributed by atoms with E-state index >= 15 is 0 Å². The monoisotopic (exact) mass is 461 g/mol. The van der Waals surface area contributed by atoms with Crippen LogP contribution in [0.3, 0.4) is 0 Å². The van der Waals surface area contributed by atoms with Gasteiger partial charge in [-0.25, -0.2) is 0 Å². The van der Waals surface area contributed by atoms with E-state index in [4.69, 9.17) is 9.15 Å². The first-order chi connectivity index (χ1) is 16.4. The topological polar surface area (TPSA) is 101 Å². The van der Waals surface area contributed by atoms with Crippen LogP contribution in [0.25, 0.3) is 0 Å². The second kappa shape index (κ2) is 10.2. The van der Waals surface area contributed by atoms with Gasteiger partial charge in [0.1, 0.15) is 11.5 Å². The molecule has 3 amide bonds. The van der Waals surface area contributed by atoms with Crippen molar-refractivity contribution in [2.75, 3.05) is 23.4 Å². The maximum absolute atomic E-state index is 12.5. The van der Waals surface area contributed by atoms with Crippen LogP contribution in [0, 0.1) is 19.8 Å². The minimum atomic E-state index is -0.424. The van der Waals surface area contributed by atoms with E-state index in [1.54, 1.807) is 47.6 Å².